The molecular formula is C24H23FN2O4S. The van der Waals surface area contributed by atoms with Gasteiger partial charge in [-0.2, -0.15) is 0 Å². The van der Waals surface area contributed by atoms with Gasteiger partial charge in [0.2, 0.25) is 0 Å². The van der Waals surface area contributed by atoms with Gasteiger partial charge in [0.1, 0.15) is 11.6 Å². The minimum atomic E-state index is -3.71. The van der Waals surface area contributed by atoms with Crippen molar-refractivity contribution < 1.29 is 22.3 Å². The van der Waals surface area contributed by atoms with E-state index in [1.54, 1.807) is 32.0 Å². The number of anilines is 2. The lowest BCUT2D eigenvalue weighted by atomic mass is 10.2. The zero-order valence-electron chi connectivity index (χ0n) is 17.8. The van der Waals surface area contributed by atoms with Crippen LogP contribution in [0.3, 0.4) is 0 Å². The molecule has 0 bridgehead atoms. The van der Waals surface area contributed by atoms with E-state index in [0.717, 1.165) is 11.1 Å². The summed E-state index contributed by atoms with van der Waals surface area (Å²) < 4.78 is 46.8. The summed E-state index contributed by atoms with van der Waals surface area (Å²) in [6.07, 6.45) is 0.676. The van der Waals surface area contributed by atoms with Gasteiger partial charge in [-0.05, 0) is 73.4 Å². The molecule has 6 nitrogen and oxygen atoms in total. The van der Waals surface area contributed by atoms with Crippen LogP contribution in [0.5, 0.6) is 5.75 Å². The van der Waals surface area contributed by atoms with Crippen molar-refractivity contribution in [3.63, 3.8) is 0 Å². The molecule has 0 aliphatic carbocycles. The molecule has 0 aromatic heterocycles. The third-order valence-corrected chi connectivity index (χ3v) is 7.22. The SMILES string of the molecule is Cc1ccc(F)cc1NC(=O)COc1ccc(S(=O)(=O)N2CCc3ccccc32)cc1C. The van der Waals surface area contributed by atoms with Gasteiger partial charge in [-0.25, -0.2) is 12.8 Å². The summed E-state index contributed by atoms with van der Waals surface area (Å²) in [5.74, 6) is -0.486. The summed E-state index contributed by atoms with van der Waals surface area (Å²) in [6, 6.07) is 16.2. The maximum Gasteiger partial charge on any atom is 0.264 e. The Morgan fingerprint density at radius 1 is 1.06 bits per heavy atom. The molecule has 1 heterocycles. The zero-order chi connectivity index (χ0) is 22.9. The number of aryl methyl sites for hydroxylation is 2. The van der Waals surface area contributed by atoms with Crippen LogP contribution in [0, 0.1) is 19.7 Å². The summed E-state index contributed by atoms with van der Waals surface area (Å²) in [4.78, 5) is 12.4. The van der Waals surface area contributed by atoms with Gasteiger partial charge < -0.3 is 10.1 Å². The van der Waals surface area contributed by atoms with E-state index >= 15 is 0 Å². The number of fused-ring (bicyclic) bond motifs is 1. The number of carbonyl (C=O) groups excluding carboxylic acids is 1. The number of nitrogens with zero attached hydrogens (tertiary/aromatic N) is 1. The first-order valence-corrected chi connectivity index (χ1v) is 11.6. The van der Waals surface area contributed by atoms with Crippen molar-refractivity contribution in [2.45, 2.75) is 25.2 Å². The summed E-state index contributed by atoms with van der Waals surface area (Å²) in [6.45, 7) is 3.60. The van der Waals surface area contributed by atoms with Crippen molar-refractivity contribution in [2.24, 2.45) is 0 Å². The molecule has 0 fully saturated rings. The van der Waals surface area contributed by atoms with E-state index in [2.05, 4.69) is 5.32 Å². The summed E-state index contributed by atoms with van der Waals surface area (Å²) in [5, 5.41) is 2.62. The molecular weight excluding hydrogens is 431 g/mol. The van der Waals surface area contributed by atoms with E-state index < -0.39 is 21.7 Å². The van der Waals surface area contributed by atoms with Crippen LogP contribution in [0.2, 0.25) is 0 Å². The maximum absolute atomic E-state index is 13.4. The van der Waals surface area contributed by atoms with Crippen molar-refractivity contribution in [3.8, 4) is 5.75 Å². The Labute approximate surface area is 186 Å². The van der Waals surface area contributed by atoms with Gasteiger partial charge in [-0.1, -0.05) is 24.3 Å². The average Bonchev–Trinajstić information content (AvgIpc) is 3.20. The Bertz CT molecular complexity index is 1290. The number of carbonyl (C=O) groups is 1. The fourth-order valence-electron chi connectivity index (χ4n) is 3.69. The lowest BCUT2D eigenvalue weighted by Gasteiger charge is -2.20. The molecule has 1 aliphatic heterocycles. The average molecular weight is 455 g/mol. The number of para-hydroxylation sites is 1. The van der Waals surface area contributed by atoms with Crippen LogP contribution in [0.25, 0.3) is 0 Å². The molecule has 0 atom stereocenters. The fraction of sp³-hybridized carbons (Fsp3) is 0.208. The molecule has 32 heavy (non-hydrogen) atoms. The molecule has 4 rings (SSSR count). The Balaban J connectivity index is 1.45. The summed E-state index contributed by atoms with van der Waals surface area (Å²) in [7, 11) is -3.71. The molecule has 1 aliphatic rings. The van der Waals surface area contributed by atoms with E-state index in [4.69, 9.17) is 4.74 Å². The first kappa shape index (κ1) is 21.8. The van der Waals surface area contributed by atoms with Crippen LogP contribution in [0.1, 0.15) is 16.7 Å². The Morgan fingerprint density at radius 2 is 1.84 bits per heavy atom. The molecule has 3 aromatic rings. The fourth-order valence-corrected chi connectivity index (χ4v) is 5.28. The largest absolute Gasteiger partial charge is 0.483 e. The number of hydrogen-bond donors (Lipinski definition) is 1. The van der Waals surface area contributed by atoms with Gasteiger partial charge in [0.15, 0.2) is 6.61 Å². The zero-order valence-corrected chi connectivity index (χ0v) is 18.6. The Kier molecular flexibility index (Phi) is 5.88. The van der Waals surface area contributed by atoms with E-state index in [1.807, 2.05) is 24.3 Å². The predicted molar refractivity (Wildman–Crippen MR) is 121 cm³/mol. The smallest absolute Gasteiger partial charge is 0.264 e. The number of halogens is 1. The van der Waals surface area contributed by atoms with Gasteiger partial charge >= 0.3 is 0 Å². The second-order valence-electron chi connectivity index (χ2n) is 7.68. The number of amides is 1. The summed E-state index contributed by atoms with van der Waals surface area (Å²) in [5.41, 5.74) is 3.41. The van der Waals surface area contributed by atoms with Crippen LogP contribution in [0.4, 0.5) is 15.8 Å². The lowest BCUT2D eigenvalue weighted by Crippen LogP contribution is -2.29. The molecule has 0 spiro atoms. The molecule has 0 saturated heterocycles. The topological polar surface area (TPSA) is 75.7 Å². The molecule has 0 unspecified atom stereocenters. The van der Waals surface area contributed by atoms with Crippen molar-refractivity contribution in [3.05, 3.63) is 83.2 Å². The van der Waals surface area contributed by atoms with E-state index in [-0.39, 0.29) is 11.5 Å². The Morgan fingerprint density at radius 3 is 2.62 bits per heavy atom. The predicted octanol–water partition coefficient (Wildman–Crippen LogP) is 4.21. The van der Waals surface area contributed by atoms with Gasteiger partial charge in [0.25, 0.3) is 15.9 Å². The van der Waals surface area contributed by atoms with Crippen molar-refractivity contribution in [1.29, 1.82) is 0 Å². The monoisotopic (exact) mass is 454 g/mol. The first-order chi connectivity index (χ1) is 15.3. The van der Waals surface area contributed by atoms with Gasteiger partial charge in [-0.15, -0.1) is 0 Å². The summed E-state index contributed by atoms with van der Waals surface area (Å²) >= 11 is 0. The minimum Gasteiger partial charge on any atom is -0.483 e. The number of nitrogens with one attached hydrogen (secondary N) is 1. The quantitative estimate of drug-likeness (QED) is 0.605. The first-order valence-electron chi connectivity index (χ1n) is 10.2. The van der Waals surface area contributed by atoms with Crippen molar-refractivity contribution >= 4 is 27.3 Å². The second-order valence-corrected chi connectivity index (χ2v) is 9.54. The van der Waals surface area contributed by atoms with Crippen molar-refractivity contribution in [2.75, 3.05) is 22.8 Å². The molecule has 0 saturated carbocycles. The van der Waals surface area contributed by atoms with E-state index in [1.165, 1.54) is 22.5 Å². The van der Waals surface area contributed by atoms with Crippen molar-refractivity contribution in [1.82, 2.24) is 0 Å². The standard InChI is InChI=1S/C24H23FN2O4S/c1-16-7-8-19(25)14-21(16)26-24(28)15-31-23-10-9-20(13-17(23)2)32(29,30)27-12-11-18-5-3-4-6-22(18)27/h3-10,13-14H,11-12,15H2,1-2H3,(H,26,28). The number of benzene rings is 3. The number of hydrogen-bond acceptors (Lipinski definition) is 4. The number of ether oxygens (including phenoxy) is 1. The number of rotatable bonds is 6. The number of sulfonamides is 1. The van der Waals surface area contributed by atoms with Crippen LogP contribution >= 0.6 is 0 Å². The molecule has 1 N–H and O–H groups in total. The highest BCUT2D eigenvalue weighted by atomic mass is 32.2. The lowest BCUT2D eigenvalue weighted by molar-refractivity contribution is -0.118. The minimum absolute atomic E-state index is 0.166. The maximum atomic E-state index is 13.4. The molecule has 8 heteroatoms. The highest BCUT2D eigenvalue weighted by Gasteiger charge is 2.30. The third-order valence-electron chi connectivity index (χ3n) is 5.41. The van der Waals surface area contributed by atoms with E-state index in [9.17, 15) is 17.6 Å². The van der Waals surface area contributed by atoms with Crippen LogP contribution in [0.15, 0.2) is 65.6 Å². The van der Waals surface area contributed by atoms with Crippen LogP contribution in [-0.4, -0.2) is 27.5 Å². The van der Waals surface area contributed by atoms with Crippen LogP contribution < -0.4 is 14.4 Å². The van der Waals surface area contributed by atoms with Gasteiger partial charge in [0.05, 0.1) is 10.6 Å². The van der Waals surface area contributed by atoms with E-state index in [0.29, 0.717) is 35.7 Å². The second kappa shape index (κ2) is 8.63. The van der Waals surface area contributed by atoms with Crippen LogP contribution in [-0.2, 0) is 21.2 Å². The normalized spacial score (nSPS) is 13.0. The molecule has 3 aromatic carbocycles. The molecule has 0 radical (unpaired) electrons. The van der Waals surface area contributed by atoms with Gasteiger partial charge in [-0.3, -0.25) is 9.10 Å². The third kappa shape index (κ3) is 4.31. The van der Waals surface area contributed by atoms with Gasteiger partial charge in [0, 0.05) is 12.2 Å². The Hall–Kier alpha value is -3.39. The molecule has 1 amide bonds. The molecule has 166 valence electrons. The highest BCUT2D eigenvalue weighted by molar-refractivity contribution is 7.92. The highest BCUT2D eigenvalue weighted by Crippen LogP contribution is 2.33.